The van der Waals surface area contributed by atoms with Crippen molar-refractivity contribution in [2.45, 2.75) is 43.7 Å². The van der Waals surface area contributed by atoms with Crippen molar-refractivity contribution >= 4 is 34.6 Å². The Kier molecular flexibility index (Phi) is 6.33. The highest BCUT2D eigenvalue weighted by molar-refractivity contribution is 8.01. The van der Waals surface area contributed by atoms with Gasteiger partial charge in [0.15, 0.2) is 0 Å². The number of H-pyrrole nitrogens is 1. The molecule has 0 aliphatic carbocycles. The standard InChI is InChI=1S/C20H25N3OS.C2H6/c1-15-23(14-20(25-15)9-11-22(2)12-10-20)19(24)8-7-16-13-21-18-6-4-3-5-17(16)18;1-2/h3-8,13,15,21H,9-12,14H2,1-2H3;1-2H3/b8-7+;. The highest BCUT2D eigenvalue weighted by atomic mass is 32.2. The van der Waals surface area contributed by atoms with Gasteiger partial charge in [-0.1, -0.05) is 32.0 Å². The molecular weight excluding hydrogens is 354 g/mol. The van der Waals surface area contributed by atoms with E-state index in [9.17, 15) is 4.79 Å². The quantitative estimate of drug-likeness (QED) is 0.769. The molecule has 2 fully saturated rings. The van der Waals surface area contributed by atoms with E-state index in [0.29, 0.717) is 0 Å². The first kappa shape index (κ1) is 20.0. The van der Waals surface area contributed by atoms with E-state index < -0.39 is 0 Å². The van der Waals surface area contributed by atoms with E-state index in [1.807, 2.05) is 54.9 Å². The van der Waals surface area contributed by atoms with Crippen LogP contribution in [0, 0.1) is 0 Å². The predicted molar refractivity (Wildman–Crippen MR) is 117 cm³/mol. The minimum atomic E-state index is 0.126. The molecule has 1 unspecified atom stereocenters. The van der Waals surface area contributed by atoms with Crippen LogP contribution in [-0.2, 0) is 4.79 Å². The van der Waals surface area contributed by atoms with E-state index in [2.05, 4.69) is 36.0 Å². The number of hydrogen-bond acceptors (Lipinski definition) is 3. The molecule has 1 spiro atoms. The fourth-order valence-electron chi connectivity index (χ4n) is 3.95. The molecule has 1 N–H and O–H groups in total. The summed E-state index contributed by atoms with van der Waals surface area (Å²) in [4.78, 5) is 20.5. The van der Waals surface area contributed by atoms with Crippen LogP contribution in [0.1, 0.15) is 39.2 Å². The summed E-state index contributed by atoms with van der Waals surface area (Å²) in [6.45, 7) is 9.30. The van der Waals surface area contributed by atoms with Crippen LogP contribution in [0.2, 0.25) is 0 Å². The molecule has 1 aromatic heterocycles. The van der Waals surface area contributed by atoms with E-state index in [-0.39, 0.29) is 16.0 Å². The average Bonchev–Trinajstić information content (AvgIpc) is 3.25. The van der Waals surface area contributed by atoms with Gasteiger partial charge in [0.1, 0.15) is 0 Å². The van der Waals surface area contributed by atoms with Crippen molar-refractivity contribution in [1.82, 2.24) is 14.8 Å². The van der Waals surface area contributed by atoms with Gasteiger partial charge in [-0.3, -0.25) is 4.79 Å². The molecule has 1 aromatic carbocycles. The summed E-state index contributed by atoms with van der Waals surface area (Å²) in [5, 5.41) is 1.41. The molecule has 2 aliphatic rings. The zero-order valence-corrected chi connectivity index (χ0v) is 17.7. The number of nitrogens with zero attached hydrogens (tertiary/aromatic N) is 2. The van der Waals surface area contributed by atoms with Crippen LogP contribution in [0.3, 0.4) is 0 Å². The number of carbonyl (C=O) groups excluding carboxylic acids is 1. The molecule has 4 nitrogen and oxygen atoms in total. The number of thioether (sulfide) groups is 1. The number of nitrogens with one attached hydrogen (secondary N) is 1. The minimum Gasteiger partial charge on any atom is -0.361 e. The molecule has 4 rings (SSSR count). The van der Waals surface area contributed by atoms with Crippen LogP contribution in [-0.4, -0.2) is 57.5 Å². The average molecular weight is 386 g/mol. The zero-order chi connectivity index (χ0) is 19.4. The smallest absolute Gasteiger partial charge is 0.247 e. The summed E-state index contributed by atoms with van der Waals surface area (Å²) in [5.74, 6) is 0.126. The number of piperidine rings is 1. The van der Waals surface area contributed by atoms with Crippen molar-refractivity contribution < 1.29 is 4.79 Å². The van der Waals surface area contributed by atoms with Crippen molar-refractivity contribution in [1.29, 1.82) is 0 Å². The first-order chi connectivity index (χ1) is 13.1. The number of carbonyl (C=O) groups is 1. The Bertz CT molecular complexity index is 805. The summed E-state index contributed by atoms with van der Waals surface area (Å²) in [6, 6.07) is 8.18. The van der Waals surface area contributed by atoms with E-state index >= 15 is 0 Å². The highest BCUT2D eigenvalue weighted by Gasteiger charge is 2.45. The third-order valence-electron chi connectivity index (χ3n) is 5.53. The van der Waals surface area contributed by atoms with Crippen LogP contribution >= 0.6 is 11.8 Å². The van der Waals surface area contributed by atoms with Crippen LogP contribution in [0.25, 0.3) is 17.0 Å². The number of rotatable bonds is 2. The SMILES string of the molecule is CC.CC1SC2(CCN(C)CC2)CN1C(=O)/C=C/c1c[nH]c2ccccc12. The molecule has 0 bridgehead atoms. The number of amides is 1. The number of aromatic nitrogens is 1. The molecule has 5 heteroatoms. The Hall–Kier alpha value is -1.72. The highest BCUT2D eigenvalue weighted by Crippen LogP contribution is 2.46. The van der Waals surface area contributed by atoms with Gasteiger partial charge in [0, 0.05) is 34.5 Å². The third kappa shape index (κ3) is 4.25. The number of hydrogen-bond donors (Lipinski definition) is 1. The van der Waals surface area contributed by atoms with Crippen LogP contribution in [0.15, 0.2) is 36.5 Å². The predicted octanol–water partition coefficient (Wildman–Crippen LogP) is 4.59. The summed E-state index contributed by atoms with van der Waals surface area (Å²) in [5.41, 5.74) is 2.17. The molecule has 27 heavy (non-hydrogen) atoms. The Morgan fingerprint density at radius 2 is 1.96 bits per heavy atom. The summed E-state index contributed by atoms with van der Waals surface area (Å²) < 4.78 is 0.260. The summed E-state index contributed by atoms with van der Waals surface area (Å²) >= 11 is 1.99. The third-order valence-corrected chi connectivity index (χ3v) is 7.16. The topological polar surface area (TPSA) is 39.3 Å². The molecule has 2 aromatic rings. The second-order valence-corrected chi connectivity index (χ2v) is 9.08. The Balaban J connectivity index is 0.00000102. The maximum absolute atomic E-state index is 12.8. The van der Waals surface area contributed by atoms with Crippen LogP contribution < -0.4 is 0 Å². The summed E-state index contributed by atoms with van der Waals surface area (Å²) in [6.07, 6.45) is 8.00. The first-order valence-corrected chi connectivity index (χ1v) is 10.9. The number of likely N-dealkylation sites (tertiary alicyclic amines) is 1. The minimum absolute atomic E-state index is 0.126. The molecule has 1 amide bonds. The van der Waals surface area contributed by atoms with E-state index in [1.165, 1.54) is 12.8 Å². The van der Waals surface area contributed by atoms with Crippen molar-refractivity contribution in [2.24, 2.45) is 0 Å². The van der Waals surface area contributed by atoms with E-state index in [0.717, 1.165) is 36.1 Å². The van der Waals surface area contributed by atoms with Crippen molar-refractivity contribution in [3.63, 3.8) is 0 Å². The van der Waals surface area contributed by atoms with E-state index in [1.54, 1.807) is 6.08 Å². The first-order valence-electron chi connectivity index (χ1n) is 9.98. The number of aromatic amines is 1. The van der Waals surface area contributed by atoms with Gasteiger partial charge in [0.05, 0.1) is 5.37 Å². The van der Waals surface area contributed by atoms with Crippen molar-refractivity contribution in [3.8, 4) is 0 Å². The van der Waals surface area contributed by atoms with Crippen molar-refractivity contribution in [2.75, 3.05) is 26.7 Å². The molecule has 3 heterocycles. The van der Waals surface area contributed by atoms with Gasteiger partial charge in [-0.25, -0.2) is 0 Å². The second-order valence-electron chi connectivity index (χ2n) is 7.29. The monoisotopic (exact) mass is 385 g/mol. The number of para-hydroxylation sites is 1. The van der Waals surface area contributed by atoms with Gasteiger partial charge in [0.25, 0.3) is 0 Å². The lowest BCUT2D eigenvalue weighted by molar-refractivity contribution is -0.126. The lowest BCUT2D eigenvalue weighted by Crippen LogP contribution is -2.44. The van der Waals surface area contributed by atoms with Gasteiger partial charge in [-0.15, -0.1) is 11.8 Å². The Morgan fingerprint density at radius 3 is 2.70 bits per heavy atom. The van der Waals surface area contributed by atoms with Gasteiger partial charge in [0.2, 0.25) is 5.91 Å². The molecular formula is C22H31N3OS. The number of benzene rings is 1. The van der Waals surface area contributed by atoms with Gasteiger partial charge in [-0.05, 0) is 57.6 Å². The fourth-order valence-corrected chi connectivity index (χ4v) is 5.61. The van der Waals surface area contributed by atoms with Gasteiger partial charge >= 0.3 is 0 Å². The van der Waals surface area contributed by atoms with Gasteiger partial charge < -0.3 is 14.8 Å². The van der Waals surface area contributed by atoms with Crippen LogP contribution in [0.4, 0.5) is 0 Å². The molecule has 0 saturated carbocycles. The molecule has 2 aliphatic heterocycles. The second kappa shape index (κ2) is 8.53. The maximum Gasteiger partial charge on any atom is 0.247 e. The van der Waals surface area contributed by atoms with E-state index in [4.69, 9.17) is 0 Å². The molecule has 146 valence electrons. The lowest BCUT2D eigenvalue weighted by Gasteiger charge is -2.36. The molecule has 0 radical (unpaired) electrons. The maximum atomic E-state index is 12.8. The molecule has 1 atom stereocenters. The Labute approximate surface area is 167 Å². The Morgan fingerprint density at radius 1 is 1.26 bits per heavy atom. The van der Waals surface area contributed by atoms with Crippen LogP contribution in [0.5, 0.6) is 0 Å². The van der Waals surface area contributed by atoms with Gasteiger partial charge in [-0.2, -0.15) is 0 Å². The fraction of sp³-hybridized carbons (Fsp3) is 0.500. The number of fused-ring (bicyclic) bond motifs is 1. The summed E-state index contributed by atoms with van der Waals surface area (Å²) in [7, 11) is 2.18. The normalized spacial score (nSPS) is 22.4. The lowest BCUT2D eigenvalue weighted by atomic mass is 9.95. The zero-order valence-electron chi connectivity index (χ0n) is 16.9. The largest absolute Gasteiger partial charge is 0.361 e. The molecule has 2 saturated heterocycles. The van der Waals surface area contributed by atoms with Crippen molar-refractivity contribution in [3.05, 3.63) is 42.1 Å².